The van der Waals surface area contributed by atoms with Gasteiger partial charge < -0.3 is 55.1 Å². The van der Waals surface area contributed by atoms with Crippen molar-refractivity contribution in [3.8, 4) is 0 Å². The lowest BCUT2D eigenvalue weighted by Crippen LogP contribution is -2.70. The predicted molar refractivity (Wildman–Crippen MR) is 135 cm³/mol. The summed E-state index contributed by atoms with van der Waals surface area (Å²) in [6, 6.07) is 0. The van der Waals surface area contributed by atoms with Crippen LogP contribution in [-0.2, 0) is 23.7 Å². The summed E-state index contributed by atoms with van der Waals surface area (Å²) in [5, 5.41) is 81.1. The Hall–Kier alpha value is -0.970. The molecule has 8 N–H and O–H groups in total. The van der Waals surface area contributed by atoms with Gasteiger partial charge in [-0.2, -0.15) is 0 Å². The molecule has 2 heterocycles. The van der Waals surface area contributed by atoms with Gasteiger partial charge >= 0.3 is 11.9 Å². The molecule has 0 aromatic rings. The first-order valence-corrected chi connectivity index (χ1v) is 14.1. The zero-order chi connectivity index (χ0) is 29.1. The Balaban J connectivity index is 2.02. The van der Waals surface area contributed by atoms with E-state index in [9.17, 15) is 45.6 Å². The van der Waals surface area contributed by atoms with Crippen molar-refractivity contribution in [2.45, 2.75) is 138 Å². The molecule has 2 saturated heterocycles. The molecule has 0 saturated carbocycles. The number of esters is 1. The predicted octanol–water partition coefficient (Wildman–Crippen LogP) is -0.824. The number of rotatable bonds is 18. The lowest BCUT2D eigenvalue weighted by Gasteiger charge is -2.49. The van der Waals surface area contributed by atoms with Gasteiger partial charge in [0.2, 0.25) is 5.79 Å². The van der Waals surface area contributed by atoms with Gasteiger partial charge in [-0.3, -0.25) is 9.53 Å². The standard InChI is InChI=1S/C26H48O13/c1-2-3-4-5-6-7-8-9-10-11-12-13-19(30)38-26(24(35)22(33)20(31)17(14-27)37-26)39-25(16-29)23(34)21(32)18(15-28)36-25/h17-18,20-24,27-29,31-35H,2-16H2,1H3/t17-,18-,20-,21-,22+,23+,24-,25?,26+/m1/s1. The molecule has 0 amide bonds. The topological polar surface area (TPSA) is 216 Å². The van der Waals surface area contributed by atoms with E-state index < -0.39 is 80.3 Å². The van der Waals surface area contributed by atoms with Crippen LogP contribution in [0.3, 0.4) is 0 Å². The summed E-state index contributed by atoms with van der Waals surface area (Å²) < 4.78 is 21.6. The van der Waals surface area contributed by atoms with E-state index in [1.807, 2.05) is 0 Å². The number of ether oxygens (including phenoxy) is 4. The molecule has 1 unspecified atom stereocenters. The van der Waals surface area contributed by atoms with Crippen molar-refractivity contribution in [2.24, 2.45) is 0 Å². The summed E-state index contributed by atoms with van der Waals surface area (Å²) >= 11 is 0. The minimum Gasteiger partial charge on any atom is -0.405 e. The number of unbranched alkanes of at least 4 members (excludes halogenated alkanes) is 10. The molecule has 230 valence electrons. The first-order valence-electron chi connectivity index (χ1n) is 14.1. The quantitative estimate of drug-likeness (QED) is 0.0577. The van der Waals surface area contributed by atoms with Crippen LogP contribution >= 0.6 is 0 Å². The second kappa shape index (κ2) is 16.5. The highest BCUT2D eigenvalue weighted by Crippen LogP contribution is 2.41. The van der Waals surface area contributed by atoms with Crippen molar-refractivity contribution in [1.82, 2.24) is 0 Å². The third-order valence-corrected chi connectivity index (χ3v) is 7.37. The van der Waals surface area contributed by atoms with Crippen LogP contribution in [0.5, 0.6) is 0 Å². The number of hydrogen-bond acceptors (Lipinski definition) is 13. The largest absolute Gasteiger partial charge is 0.405 e. The second-order valence-electron chi connectivity index (χ2n) is 10.5. The zero-order valence-electron chi connectivity index (χ0n) is 22.8. The van der Waals surface area contributed by atoms with Gasteiger partial charge in [-0.25, -0.2) is 0 Å². The van der Waals surface area contributed by atoms with Crippen molar-refractivity contribution in [2.75, 3.05) is 19.8 Å². The maximum atomic E-state index is 12.8. The molecular formula is C26H48O13. The maximum absolute atomic E-state index is 12.8. The van der Waals surface area contributed by atoms with Crippen LogP contribution in [0.25, 0.3) is 0 Å². The first kappa shape index (κ1) is 34.2. The van der Waals surface area contributed by atoms with E-state index in [4.69, 9.17) is 18.9 Å². The highest BCUT2D eigenvalue weighted by Gasteiger charge is 2.65. The van der Waals surface area contributed by atoms with Crippen LogP contribution in [0, 0.1) is 0 Å². The molecule has 0 radical (unpaired) electrons. The molecule has 9 atom stereocenters. The van der Waals surface area contributed by atoms with Gasteiger partial charge in [0.25, 0.3) is 0 Å². The number of carbonyl (C=O) groups excluding carboxylic acids is 1. The Labute approximate surface area is 229 Å². The third kappa shape index (κ3) is 8.76. The molecule has 0 aliphatic carbocycles. The maximum Gasteiger partial charge on any atom is 0.362 e. The van der Waals surface area contributed by atoms with Crippen molar-refractivity contribution in [1.29, 1.82) is 0 Å². The van der Waals surface area contributed by atoms with E-state index in [-0.39, 0.29) is 6.42 Å². The Kier molecular flexibility index (Phi) is 14.5. The SMILES string of the molecule is CCCCCCCCCCCCCC(=O)O[C@@]1(OC2(CO)O[C@H](CO)[C@@H](O)[C@@H]2O)O[C@H](CO)[C@@H](O)[C@H](O)[C@H]1O. The van der Waals surface area contributed by atoms with E-state index in [0.717, 1.165) is 25.7 Å². The van der Waals surface area contributed by atoms with Gasteiger partial charge in [0.15, 0.2) is 6.10 Å². The van der Waals surface area contributed by atoms with E-state index in [1.54, 1.807) is 0 Å². The average Bonchev–Trinajstić information content (AvgIpc) is 3.17. The van der Waals surface area contributed by atoms with Crippen molar-refractivity contribution >= 4 is 5.97 Å². The van der Waals surface area contributed by atoms with Gasteiger partial charge in [-0.05, 0) is 6.42 Å². The fourth-order valence-corrected chi connectivity index (χ4v) is 4.94. The molecule has 39 heavy (non-hydrogen) atoms. The van der Waals surface area contributed by atoms with Gasteiger partial charge in [0, 0.05) is 6.42 Å². The summed E-state index contributed by atoms with van der Waals surface area (Å²) in [4.78, 5) is 12.8. The number of aliphatic hydroxyl groups is 8. The molecule has 13 heteroatoms. The van der Waals surface area contributed by atoms with Crippen molar-refractivity contribution < 1.29 is 64.6 Å². The molecule has 0 aromatic carbocycles. The summed E-state index contributed by atoms with van der Waals surface area (Å²) in [7, 11) is 0. The Morgan fingerprint density at radius 2 is 1.21 bits per heavy atom. The van der Waals surface area contributed by atoms with Crippen molar-refractivity contribution in [3.63, 3.8) is 0 Å². The fourth-order valence-electron chi connectivity index (χ4n) is 4.94. The van der Waals surface area contributed by atoms with Crippen molar-refractivity contribution in [3.05, 3.63) is 0 Å². The molecule has 2 aliphatic rings. The molecular weight excluding hydrogens is 520 g/mol. The van der Waals surface area contributed by atoms with Crippen LogP contribution < -0.4 is 0 Å². The van der Waals surface area contributed by atoms with Crippen LogP contribution in [0.1, 0.15) is 84.0 Å². The smallest absolute Gasteiger partial charge is 0.362 e. The van der Waals surface area contributed by atoms with Crippen LogP contribution in [0.4, 0.5) is 0 Å². The summed E-state index contributed by atoms with van der Waals surface area (Å²) in [6.07, 6.45) is -1.40. The van der Waals surface area contributed by atoms with E-state index >= 15 is 0 Å². The first-order chi connectivity index (χ1) is 18.6. The van der Waals surface area contributed by atoms with Crippen LogP contribution in [0.2, 0.25) is 0 Å². The normalized spacial score (nSPS) is 36.8. The minimum absolute atomic E-state index is 0.127. The summed E-state index contributed by atoms with van der Waals surface area (Å²) in [5.41, 5.74) is 0. The van der Waals surface area contributed by atoms with Gasteiger partial charge in [0.05, 0.1) is 13.2 Å². The minimum atomic E-state index is -2.95. The van der Waals surface area contributed by atoms with E-state index in [0.29, 0.717) is 6.42 Å². The molecule has 0 bridgehead atoms. The third-order valence-electron chi connectivity index (χ3n) is 7.37. The Bertz CT molecular complexity index is 709. The fraction of sp³-hybridized carbons (Fsp3) is 0.962. The highest BCUT2D eigenvalue weighted by molar-refractivity contribution is 5.69. The number of hydrogen-bond donors (Lipinski definition) is 8. The number of carbonyl (C=O) groups is 1. The van der Waals surface area contributed by atoms with Gasteiger partial charge in [0.1, 0.15) is 43.2 Å². The molecule has 13 nitrogen and oxygen atoms in total. The lowest BCUT2D eigenvalue weighted by atomic mass is 9.97. The monoisotopic (exact) mass is 568 g/mol. The Morgan fingerprint density at radius 3 is 1.69 bits per heavy atom. The molecule has 2 fully saturated rings. The van der Waals surface area contributed by atoms with Gasteiger partial charge in [-0.15, -0.1) is 0 Å². The molecule has 0 spiro atoms. The summed E-state index contributed by atoms with van der Waals surface area (Å²) in [6.45, 7) is -0.633. The van der Waals surface area contributed by atoms with Gasteiger partial charge in [-0.1, -0.05) is 71.1 Å². The molecule has 0 aromatic heterocycles. The highest BCUT2D eigenvalue weighted by atomic mass is 16.9. The van der Waals surface area contributed by atoms with Crippen LogP contribution in [-0.4, -0.2) is 121 Å². The zero-order valence-corrected chi connectivity index (χ0v) is 22.8. The van der Waals surface area contributed by atoms with Crippen LogP contribution in [0.15, 0.2) is 0 Å². The second-order valence-corrected chi connectivity index (χ2v) is 10.5. The number of aliphatic hydroxyl groups excluding tert-OH is 8. The molecule has 2 aliphatic heterocycles. The summed E-state index contributed by atoms with van der Waals surface area (Å²) in [5.74, 6) is -6.44. The average molecular weight is 569 g/mol. The molecule has 2 rings (SSSR count). The Morgan fingerprint density at radius 1 is 0.692 bits per heavy atom. The lowest BCUT2D eigenvalue weighted by molar-refractivity contribution is -0.498. The van der Waals surface area contributed by atoms with E-state index in [1.165, 1.54) is 38.5 Å². The van der Waals surface area contributed by atoms with E-state index in [2.05, 4.69) is 6.92 Å².